The molecule has 0 spiro atoms. The molecule has 1 aliphatic heterocycles. The topological polar surface area (TPSA) is 128 Å². The lowest BCUT2D eigenvalue weighted by molar-refractivity contribution is -0.137. The molecule has 0 fully saturated rings. The van der Waals surface area contributed by atoms with Crippen molar-refractivity contribution in [2.45, 2.75) is 52.1 Å². The second-order valence-electron chi connectivity index (χ2n) is 9.46. The van der Waals surface area contributed by atoms with Crippen LogP contribution in [0.2, 0.25) is 0 Å². The molecule has 0 aliphatic carbocycles. The Labute approximate surface area is 212 Å². The Balaban J connectivity index is 1.70. The van der Waals surface area contributed by atoms with E-state index >= 15 is 0 Å². The molecule has 0 radical (unpaired) electrons. The number of carbonyl (C=O) groups excluding carboxylic acids is 5. The van der Waals surface area contributed by atoms with E-state index in [0.717, 1.165) is 12.1 Å². The summed E-state index contributed by atoms with van der Waals surface area (Å²) in [5.74, 6) is -1.83. The summed E-state index contributed by atoms with van der Waals surface area (Å²) in [7, 11) is 3.96. The monoisotopic (exact) mass is 499 g/mol. The van der Waals surface area contributed by atoms with Gasteiger partial charge in [0.2, 0.25) is 17.7 Å². The maximum atomic E-state index is 12.6. The fraction of sp³-hybridized carbons (Fsp3) is 0.500. The van der Waals surface area contributed by atoms with Crippen molar-refractivity contribution in [3.8, 4) is 0 Å². The average molecular weight is 500 g/mol. The Bertz CT molecular complexity index is 953. The van der Waals surface area contributed by atoms with Gasteiger partial charge in [-0.05, 0) is 50.6 Å². The molecule has 0 saturated carbocycles. The molecular formula is C26H37N5O5. The zero-order valence-corrected chi connectivity index (χ0v) is 21.5. The quantitative estimate of drug-likeness (QED) is 0.262. The third-order valence-corrected chi connectivity index (χ3v) is 5.61. The zero-order valence-electron chi connectivity index (χ0n) is 21.5. The van der Waals surface area contributed by atoms with Crippen LogP contribution in [-0.2, 0) is 30.5 Å². The van der Waals surface area contributed by atoms with E-state index in [-0.39, 0.29) is 42.5 Å². The SMILES string of the molecule is CC(C)C(NC(=O)CCCCCN1C(=O)C=CC1=O)C(=O)NCC(=O)Nc1ccc(CN(C)C)cc1. The standard InChI is InChI=1S/C26H37N5O5/c1-18(2)25(29-21(32)8-6-5-7-15-31-23(34)13-14-24(31)35)26(36)27-16-22(33)28-20-11-9-19(10-12-20)17-30(3)4/h9-14,18,25H,5-8,15-17H2,1-4H3,(H,27,36)(H,28,33)(H,29,32). The van der Waals surface area contributed by atoms with Crippen LogP contribution in [0.5, 0.6) is 0 Å². The van der Waals surface area contributed by atoms with Crippen molar-refractivity contribution in [3.63, 3.8) is 0 Å². The largest absolute Gasteiger partial charge is 0.345 e. The highest BCUT2D eigenvalue weighted by Gasteiger charge is 2.25. The van der Waals surface area contributed by atoms with E-state index in [0.29, 0.717) is 31.5 Å². The van der Waals surface area contributed by atoms with Gasteiger partial charge in [-0.1, -0.05) is 32.4 Å². The van der Waals surface area contributed by atoms with Crippen LogP contribution in [0.15, 0.2) is 36.4 Å². The zero-order chi connectivity index (χ0) is 26.7. The molecule has 196 valence electrons. The van der Waals surface area contributed by atoms with Gasteiger partial charge < -0.3 is 20.9 Å². The molecule has 1 aromatic carbocycles. The highest BCUT2D eigenvalue weighted by molar-refractivity contribution is 6.12. The summed E-state index contributed by atoms with van der Waals surface area (Å²) in [5, 5.41) is 8.09. The highest BCUT2D eigenvalue weighted by Crippen LogP contribution is 2.11. The summed E-state index contributed by atoms with van der Waals surface area (Å²) in [6, 6.07) is 6.73. The molecule has 3 N–H and O–H groups in total. The predicted octanol–water partition coefficient (Wildman–Crippen LogP) is 1.43. The van der Waals surface area contributed by atoms with Crippen molar-refractivity contribution in [1.82, 2.24) is 20.4 Å². The van der Waals surface area contributed by atoms with E-state index in [1.807, 2.05) is 57.1 Å². The Kier molecular flexibility index (Phi) is 11.3. The van der Waals surface area contributed by atoms with Gasteiger partial charge in [0.25, 0.3) is 11.8 Å². The minimum Gasteiger partial charge on any atom is -0.345 e. The van der Waals surface area contributed by atoms with Crippen LogP contribution in [0, 0.1) is 5.92 Å². The lowest BCUT2D eigenvalue weighted by Crippen LogP contribution is -2.51. The first-order chi connectivity index (χ1) is 17.1. The normalized spacial score (nSPS) is 13.9. The predicted molar refractivity (Wildman–Crippen MR) is 137 cm³/mol. The Hall–Kier alpha value is -3.53. The molecule has 2 rings (SSSR count). The van der Waals surface area contributed by atoms with E-state index in [2.05, 4.69) is 16.0 Å². The fourth-order valence-corrected chi connectivity index (χ4v) is 3.71. The molecule has 10 nitrogen and oxygen atoms in total. The van der Waals surface area contributed by atoms with E-state index in [9.17, 15) is 24.0 Å². The van der Waals surface area contributed by atoms with E-state index in [1.165, 1.54) is 17.1 Å². The number of imide groups is 1. The molecule has 1 aromatic rings. The van der Waals surface area contributed by atoms with Crippen LogP contribution in [-0.4, -0.2) is 72.6 Å². The number of rotatable bonds is 14. The van der Waals surface area contributed by atoms with Crippen molar-refractivity contribution in [1.29, 1.82) is 0 Å². The Morgan fingerprint density at radius 1 is 0.917 bits per heavy atom. The number of hydrogen-bond acceptors (Lipinski definition) is 6. The molecule has 1 aliphatic rings. The van der Waals surface area contributed by atoms with Crippen LogP contribution < -0.4 is 16.0 Å². The number of nitrogens with one attached hydrogen (secondary N) is 3. The smallest absolute Gasteiger partial charge is 0.253 e. The van der Waals surface area contributed by atoms with Crippen LogP contribution in [0.4, 0.5) is 5.69 Å². The van der Waals surface area contributed by atoms with Crippen LogP contribution >= 0.6 is 0 Å². The van der Waals surface area contributed by atoms with Crippen molar-refractivity contribution in [2.24, 2.45) is 5.92 Å². The third-order valence-electron chi connectivity index (χ3n) is 5.61. The molecular weight excluding hydrogens is 462 g/mol. The van der Waals surface area contributed by atoms with Gasteiger partial charge >= 0.3 is 0 Å². The molecule has 36 heavy (non-hydrogen) atoms. The lowest BCUT2D eigenvalue weighted by atomic mass is 10.0. The molecule has 10 heteroatoms. The minimum atomic E-state index is -0.762. The number of amides is 5. The van der Waals surface area contributed by atoms with Gasteiger partial charge in [-0.25, -0.2) is 0 Å². The molecule has 0 saturated heterocycles. The summed E-state index contributed by atoms with van der Waals surface area (Å²) in [5.41, 5.74) is 1.76. The number of carbonyl (C=O) groups is 5. The van der Waals surface area contributed by atoms with Crippen LogP contribution in [0.1, 0.15) is 45.1 Å². The van der Waals surface area contributed by atoms with Gasteiger partial charge in [0.15, 0.2) is 0 Å². The maximum absolute atomic E-state index is 12.6. The van der Waals surface area contributed by atoms with Crippen molar-refractivity contribution in [3.05, 3.63) is 42.0 Å². The summed E-state index contributed by atoms with van der Waals surface area (Å²) in [6.45, 7) is 4.55. The van der Waals surface area contributed by atoms with E-state index in [4.69, 9.17) is 0 Å². The molecule has 1 atom stereocenters. The first-order valence-electron chi connectivity index (χ1n) is 12.2. The van der Waals surface area contributed by atoms with Gasteiger partial charge in [0, 0.05) is 37.3 Å². The number of unbranched alkanes of at least 4 members (excludes halogenated alkanes) is 2. The lowest BCUT2D eigenvalue weighted by Gasteiger charge is -2.21. The second-order valence-corrected chi connectivity index (χ2v) is 9.46. The molecule has 0 aromatic heterocycles. The van der Waals surface area contributed by atoms with Crippen molar-refractivity contribution < 1.29 is 24.0 Å². The van der Waals surface area contributed by atoms with E-state index < -0.39 is 11.9 Å². The maximum Gasteiger partial charge on any atom is 0.253 e. The summed E-state index contributed by atoms with van der Waals surface area (Å²) in [6.07, 6.45) is 4.56. The fourth-order valence-electron chi connectivity index (χ4n) is 3.71. The average Bonchev–Trinajstić information content (AvgIpc) is 3.13. The minimum absolute atomic E-state index is 0.166. The second kappa shape index (κ2) is 14.1. The number of benzene rings is 1. The Morgan fingerprint density at radius 2 is 1.56 bits per heavy atom. The van der Waals surface area contributed by atoms with E-state index in [1.54, 1.807) is 0 Å². The summed E-state index contributed by atoms with van der Waals surface area (Å²) >= 11 is 0. The van der Waals surface area contributed by atoms with Gasteiger partial charge in [-0.3, -0.25) is 28.9 Å². The molecule has 1 heterocycles. The van der Waals surface area contributed by atoms with Gasteiger partial charge in [-0.2, -0.15) is 0 Å². The first-order valence-corrected chi connectivity index (χ1v) is 12.2. The van der Waals surface area contributed by atoms with Crippen LogP contribution in [0.3, 0.4) is 0 Å². The van der Waals surface area contributed by atoms with Gasteiger partial charge in [0.05, 0.1) is 6.54 Å². The van der Waals surface area contributed by atoms with Crippen molar-refractivity contribution >= 4 is 35.2 Å². The van der Waals surface area contributed by atoms with Crippen molar-refractivity contribution in [2.75, 3.05) is 32.5 Å². The number of nitrogens with zero attached hydrogens (tertiary/aromatic N) is 2. The number of anilines is 1. The van der Waals surface area contributed by atoms with Gasteiger partial charge in [0.1, 0.15) is 6.04 Å². The molecule has 5 amide bonds. The highest BCUT2D eigenvalue weighted by atomic mass is 16.2. The first kappa shape index (κ1) is 28.7. The third kappa shape index (κ3) is 9.61. The number of hydrogen-bond donors (Lipinski definition) is 3. The van der Waals surface area contributed by atoms with Crippen LogP contribution in [0.25, 0.3) is 0 Å². The van der Waals surface area contributed by atoms with Gasteiger partial charge in [-0.15, -0.1) is 0 Å². The Morgan fingerprint density at radius 3 is 2.14 bits per heavy atom. The molecule has 1 unspecified atom stereocenters. The molecule has 0 bridgehead atoms. The summed E-state index contributed by atoms with van der Waals surface area (Å²) in [4.78, 5) is 63.5. The summed E-state index contributed by atoms with van der Waals surface area (Å²) < 4.78 is 0.